The van der Waals surface area contributed by atoms with Gasteiger partial charge in [-0.2, -0.15) is 0 Å². The van der Waals surface area contributed by atoms with Crippen molar-refractivity contribution in [2.45, 2.75) is 11.8 Å². The minimum Gasteiger partial charge on any atom is -0.310 e. The molecule has 0 amide bonds. The maximum Gasteiger partial charge on any atom is 0.0540 e. The summed E-state index contributed by atoms with van der Waals surface area (Å²) in [6, 6.07) is 66.6. The molecule has 1 heteroatoms. The number of fused-ring (bicyclic) bond motifs is 3. The van der Waals surface area contributed by atoms with Crippen LogP contribution in [0.5, 0.6) is 0 Å². The number of anilines is 3. The van der Waals surface area contributed by atoms with Gasteiger partial charge in [0.15, 0.2) is 0 Å². The van der Waals surface area contributed by atoms with Crippen molar-refractivity contribution in [3.8, 4) is 33.4 Å². The van der Waals surface area contributed by atoms with Crippen molar-refractivity contribution in [3.05, 3.63) is 223 Å². The molecule has 238 valence electrons. The van der Waals surface area contributed by atoms with E-state index in [0.717, 1.165) is 23.5 Å². The van der Waals surface area contributed by atoms with Crippen molar-refractivity contribution in [1.29, 1.82) is 0 Å². The number of hydrogen-bond acceptors (Lipinski definition) is 1. The summed E-state index contributed by atoms with van der Waals surface area (Å²) in [5, 5.41) is 0. The first-order valence-corrected chi connectivity index (χ1v) is 17.6. The summed E-state index contributed by atoms with van der Waals surface area (Å²) in [6.07, 6.45) is 10.2. The van der Waals surface area contributed by atoms with Gasteiger partial charge < -0.3 is 4.90 Å². The molecule has 7 aromatic carbocycles. The van der Waals surface area contributed by atoms with Crippen LogP contribution in [0.4, 0.5) is 17.1 Å². The quantitative estimate of drug-likeness (QED) is 0.168. The van der Waals surface area contributed by atoms with Crippen LogP contribution in [-0.2, 0) is 5.41 Å². The highest BCUT2D eigenvalue weighted by Crippen LogP contribution is 2.59. The number of rotatable bonds is 7. The fourth-order valence-electron chi connectivity index (χ4n) is 8.36. The summed E-state index contributed by atoms with van der Waals surface area (Å²) in [6.45, 7) is 0. The van der Waals surface area contributed by atoms with Gasteiger partial charge in [-0.1, -0.05) is 176 Å². The van der Waals surface area contributed by atoms with Gasteiger partial charge in [-0.05, 0) is 87.2 Å². The molecule has 2 unspecified atom stereocenters. The molecule has 7 aromatic rings. The first-order valence-electron chi connectivity index (χ1n) is 17.6. The largest absolute Gasteiger partial charge is 0.310 e. The molecule has 2 aliphatic rings. The monoisotopic (exact) mass is 639 g/mol. The molecule has 0 heterocycles. The van der Waals surface area contributed by atoms with Gasteiger partial charge in [0, 0.05) is 16.9 Å². The van der Waals surface area contributed by atoms with Gasteiger partial charge in [0.25, 0.3) is 0 Å². The molecular formula is C49H37N. The van der Waals surface area contributed by atoms with Gasteiger partial charge in [-0.3, -0.25) is 0 Å². The first kappa shape index (κ1) is 29.9. The van der Waals surface area contributed by atoms with Crippen LogP contribution in [0.3, 0.4) is 0 Å². The zero-order valence-electron chi connectivity index (χ0n) is 27.9. The van der Waals surface area contributed by atoms with E-state index in [1.165, 1.54) is 50.1 Å². The van der Waals surface area contributed by atoms with Crippen molar-refractivity contribution in [2.75, 3.05) is 4.90 Å². The lowest BCUT2D eigenvalue weighted by molar-refractivity contribution is 0.457. The predicted octanol–water partition coefficient (Wildman–Crippen LogP) is 12.9. The summed E-state index contributed by atoms with van der Waals surface area (Å²) in [5.41, 5.74) is 14.6. The van der Waals surface area contributed by atoms with E-state index in [1.54, 1.807) is 0 Å². The van der Waals surface area contributed by atoms with Crippen LogP contribution < -0.4 is 4.90 Å². The zero-order chi connectivity index (χ0) is 33.3. The molecule has 0 aliphatic heterocycles. The molecule has 0 radical (unpaired) electrons. The second-order valence-electron chi connectivity index (χ2n) is 13.2. The molecular weight excluding hydrogens is 603 g/mol. The third-order valence-electron chi connectivity index (χ3n) is 10.6. The number of allylic oxidation sites excluding steroid dienone is 4. The molecule has 9 rings (SSSR count). The van der Waals surface area contributed by atoms with Gasteiger partial charge in [0.2, 0.25) is 0 Å². The Hall–Kier alpha value is -6.18. The Balaban J connectivity index is 1.29. The second kappa shape index (κ2) is 12.7. The maximum absolute atomic E-state index is 2.49. The molecule has 0 saturated heterocycles. The van der Waals surface area contributed by atoms with Crippen molar-refractivity contribution < 1.29 is 0 Å². The molecule has 0 saturated carbocycles. The Bertz CT molecular complexity index is 2340. The highest BCUT2D eigenvalue weighted by Gasteiger charge is 2.49. The van der Waals surface area contributed by atoms with E-state index >= 15 is 0 Å². The van der Waals surface area contributed by atoms with Gasteiger partial charge >= 0.3 is 0 Å². The predicted molar refractivity (Wildman–Crippen MR) is 210 cm³/mol. The van der Waals surface area contributed by atoms with Crippen molar-refractivity contribution in [1.82, 2.24) is 0 Å². The lowest BCUT2D eigenvalue weighted by atomic mass is 9.62. The lowest BCUT2D eigenvalue weighted by Gasteiger charge is -2.40. The van der Waals surface area contributed by atoms with Crippen LogP contribution in [0.2, 0.25) is 0 Å². The summed E-state index contributed by atoms with van der Waals surface area (Å²) < 4.78 is 0. The molecule has 0 fully saturated rings. The van der Waals surface area contributed by atoms with Crippen molar-refractivity contribution >= 4 is 17.1 Å². The van der Waals surface area contributed by atoms with Crippen LogP contribution in [0, 0.1) is 5.92 Å². The van der Waals surface area contributed by atoms with Gasteiger partial charge in [0.1, 0.15) is 0 Å². The van der Waals surface area contributed by atoms with Crippen LogP contribution in [-0.4, -0.2) is 0 Å². The highest BCUT2D eigenvalue weighted by atomic mass is 15.1. The third kappa shape index (κ3) is 4.94. The molecule has 50 heavy (non-hydrogen) atoms. The Kier molecular flexibility index (Phi) is 7.59. The molecule has 1 nitrogen and oxygen atoms in total. The topological polar surface area (TPSA) is 3.24 Å². The minimum absolute atomic E-state index is 0.266. The normalized spacial score (nSPS) is 17.2. The number of hydrogen-bond donors (Lipinski definition) is 0. The van der Waals surface area contributed by atoms with E-state index in [9.17, 15) is 0 Å². The Morgan fingerprint density at radius 2 is 1.02 bits per heavy atom. The second-order valence-corrected chi connectivity index (χ2v) is 13.2. The zero-order valence-corrected chi connectivity index (χ0v) is 27.9. The van der Waals surface area contributed by atoms with Crippen molar-refractivity contribution in [2.24, 2.45) is 5.92 Å². The fourth-order valence-corrected chi connectivity index (χ4v) is 8.36. The van der Waals surface area contributed by atoms with Crippen LogP contribution in [0.1, 0.15) is 23.1 Å². The standard InChI is InChI=1S/C49H37N/c1-5-17-36(18-6-1)37-29-31-41(32-30-37)50(48-28-16-14-25-43(48)38-19-7-2-8-20-38)42-33-34-45-44-26-13-15-27-46(44)49(47(45)35-42,39-21-9-3-10-22-39)40-23-11-4-12-24-40/h1-23,25-35,40H,24H2. The van der Waals surface area contributed by atoms with Gasteiger partial charge in [-0.15, -0.1) is 0 Å². The van der Waals surface area contributed by atoms with Crippen LogP contribution in [0.15, 0.2) is 206 Å². The Labute approximate surface area is 295 Å². The average molecular weight is 640 g/mol. The van der Waals surface area contributed by atoms with Crippen LogP contribution in [0.25, 0.3) is 33.4 Å². The van der Waals surface area contributed by atoms with E-state index in [4.69, 9.17) is 0 Å². The Morgan fingerprint density at radius 1 is 0.440 bits per heavy atom. The summed E-state index contributed by atoms with van der Waals surface area (Å²) in [7, 11) is 0. The lowest BCUT2D eigenvalue weighted by Crippen LogP contribution is -2.35. The molecule has 2 atom stereocenters. The Morgan fingerprint density at radius 3 is 1.74 bits per heavy atom. The smallest absolute Gasteiger partial charge is 0.0540 e. The number of nitrogens with zero attached hydrogens (tertiary/aromatic N) is 1. The van der Waals surface area contributed by atoms with E-state index in [2.05, 4.69) is 211 Å². The summed E-state index contributed by atoms with van der Waals surface area (Å²) in [4.78, 5) is 2.45. The van der Waals surface area contributed by atoms with E-state index in [-0.39, 0.29) is 11.3 Å². The summed E-state index contributed by atoms with van der Waals surface area (Å²) in [5.74, 6) is 0.266. The third-order valence-corrected chi connectivity index (χ3v) is 10.6. The SMILES string of the molecule is C1=CCC(C2(c3ccccc3)c3ccccc3-c3ccc(N(c4ccc(-c5ccccc5)cc4)c4ccccc4-c4ccccc4)cc32)C=C1. The first-order chi connectivity index (χ1) is 24.8. The molecule has 0 spiro atoms. The van der Waals surface area contributed by atoms with Gasteiger partial charge in [-0.25, -0.2) is 0 Å². The highest BCUT2D eigenvalue weighted by molar-refractivity contribution is 5.91. The summed E-state index contributed by atoms with van der Waals surface area (Å²) >= 11 is 0. The van der Waals surface area contributed by atoms with E-state index in [0.29, 0.717) is 0 Å². The minimum atomic E-state index is -0.341. The van der Waals surface area contributed by atoms with E-state index < -0.39 is 0 Å². The average Bonchev–Trinajstić information content (AvgIpc) is 3.50. The van der Waals surface area contributed by atoms with Crippen LogP contribution >= 0.6 is 0 Å². The number of para-hydroxylation sites is 1. The molecule has 0 N–H and O–H groups in total. The fraction of sp³-hybridized carbons (Fsp3) is 0.0612. The van der Waals surface area contributed by atoms with Gasteiger partial charge in [0.05, 0.1) is 11.1 Å². The maximum atomic E-state index is 2.49. The number of benzene rings is 7. The van der Waals surface area contributed by atoms with E-state index in [1.807, 2.05) is 0 Å². The van der Waals surface area contributed by atoms with Crippen molar-refractivity contribution in [3.63, 3.8) is 0 Å². The molecule has 0 bridgehead atoms. The molecule has 2 aliphatic carbocycles. The molecule has 0 aromatic heterocycles.